The smallest absolute Gasteiger partial charge is 0.287 e. The average Bonchev–Trinajstić information content (AvgIpc) is 3.38. The molecule has 1 aromatic carbocycles. The van der Waals surface area contributed by atoms with E-state index < -0.39 is 0 Å². The molecule has 11 heteroatoms. The van der Waals surface area contributed by atoms with Crippen LogP contribution < -0.4 is 10.1 Å². The van der Waals surface area contributed by atoms with Gasteiger partial charge in [0, 0.05) is 12.7 Å². The molecule has 0 saturated heterocycles. The van der Waals surface area contributed by atoms with Crippen LogP contribution in [0.25, 0.3) is 0 Å². The molecule has 0 radical (unpaired) electrons. The van der Waals surface area contributed by atoms with Crippen LogP contribution in [-0.4, -0.2) is 15.7 Å². The average molecular weight is 498 g/mol. The van der Waals surface area contributed by atoms with Crippen molar-refractivity contribution >= 4 is 63.9 Å². The van der Waals surface area contributed by atoms with Gasteiger partial charge in [0.05, 0.1) is 27.3 Å². The third kappa shape index (κ3) is 4.78. The Labute approximate surface area is 191 Å². The molecule has 0 atom stereocenters. The van der Waals surface area contributed by atoms with E-state index in [2.05, 4.69) is 10.4 Å². The third-order valence-electron chi connectivity index (χ3n) is 3.95. The van der Waals surface area contributed by atoms with Crippen LogP contribution in [0.1, 0.15) is 28.9 Å². The number of ether oxygens (including phenoxy) is 1. The van der Waals surface area contributed by atoms with E-state index in [9.17, 15) is 4.79 Å². The maximum absolute atomic E-state index is 12.3. The second-order valence-corrected chi connectivity index (χ2v) is 7.66. The molecular weight excluding hydrogens is 483 g/mol. The van der Waals surface area contributed by atoms with Gasteiger partial charge in [0.2, 0.25) is 0 Å². The van der Waals surface area contributed by atoms with E-state index in [-0.39, 0.29) is 49.1 Å². The molecule has 0 aliphatic heterocycles. The van der Waals surface area contributed by atoms with Crippen molar-refractivity contribution in [3.63, 3.8) is 0 Å². The number of hydrogen-bond acceptors (Lipinski definition) is 4. The molecule has 0 fully saturated rings. The zero-order valence-corrected chi connectivity index (χ0v) is 18.7. The number of aromatic nitrogens is 2. The Morgan fingerprint density at radius 1 is 1.07 bits per heavy atom. The summed E-state index contributed by atoms with van der Waals surface area (Å²) in [6.45, 7) is 2.96. The summed E-state index contributed by atoms with van der Waals surface area (Å²) >= 11 is 30.2. The lowest BCUT2D eigenvalue weighted by Gasteiger charge is -2.12. The Hall–Kier alpha value is -1.57. The maximum Gasteiger partial charge on any atom is 0.287 e. The summed E-state index contributed by atoms with van der Waals surface area (Å²) in [7, 11) is 0. The van der Waals surface area contributed by atoms with Gasteiger partial charge in [0.25, 0.3) is 5.91 Å². The topological polar surface area (TPSA) is 69.3 Å². The van der Waals surface area contributed by atoms with E-state index in [0.717, 1.165) is 5.69 Å². The quantitative estimate of drug-likeness (QED) is 0.308. The van der Waals surface area contributed by atoms with Gasteiger partial charge in [0.1, 0.15) is 22.4 Å². The van der Waals surface area contributed by atoms with Crippen molar-refractivity contribution < 1.29 is 13.9 Å². The van der Waals surface area contributed by atoms with Crippen molar-refractivity contribution in [1.82, 2.24) is 15.1 Å². The number of carbonyl (C=O) groups is 1. The largest absolute Gasteiger partial charge is 0.482 e. The van der Waals surface area contributed by atoms with Crippen LogP contribution >= 0.6 is 58.0 Å². The summed E-state index contributed by atoms with van der Waals surface area (Å²) in [5.74, 6) is 0.218. The SMILES string of the molecule is CCn1nccc1CNC(=O)c1ccc(COc2c(Cl)c(Cl)c(Cl)c(Cl)c2Cl)o1. The van der Waals surface area contributed by atoms with Gasteiger partial charge in [-0.1, -0.05) is 58.0 Å². The van der Waals surface area contributed by atoms with Crippen LogP contribution in [0.5, 0.6) is 5.75 Å². The summed E-state index contributed by atoms with van der Waals surface area (Å²) in [4.78, 5) is 12.3. The Balaban J connectivity index is 1.64. The number of halogens is 5. The van der Waals surface area contributed by atoms with Gasteiger partial charge < -0.3 is 14.5 Å². The van der Waals surface area contributed by atoms with Gasteiger partial charge in [-0.15, -0.1) is 0 Å². The molecule has 3 rings (SSSR count). The number of benzene rings is 1. The molecule has 1 N–H and O–H groups in total. The number of hydrogen-bond donors (Lipinski definition) is 1. The Morgan fingerprint density at radius 2 is 1.72 bits per heavy atom. The number of furan rings is 1. The molecule has 3 aromatic rings. The number of carbonyl (C=O) groups excluding carboxylic acids is 1. The van der Waals surface area contributed by atoms with Crippen molar-refractivity contribution in [1.29, 1.82) is 0 Å². The number of nitrogens with zero attached hydrogens (tertiary/aromatic N) is 2. The van der Waals surface area contributed by atoms with E-state index >= 15 is 0 Å². The molecule has 29 heavy (non-hydrogen) atoms. The summed E-state index contributed by atoms with van der Waals surface area (Å²) in [6, 6.07) is 4.98. The zero-order chi connectivity index (χ0) is 21.1. The molecule has 2 aromatic heterocycles. The van der Waals surface area contributed by atoms with Crippen molar-refractivity contribution in [3.8, 4) is 5.75 Å². The molecule has 0 unspecified atom stereocenters. The molecule has 2 heterocycles. The molecular formula is C18H14Cl5N3O3. The van der Waals surface area contributed by atoms with Crippen LogP contribution in [0.2, 0.25) is 25.1 Å². The minimum absolute atomic E-state index is 0.0307. The molecule has 0 saturated carbocycles. The minimum Gasteiger partial charge on any atom is -0.482 e. The lowest BCUT2D eigenvalue weighted by atomic mass is 10.3. The Morgan fingerprint density at radius 3 is 2.38 bits per heavy atom. The van der Waals surface area contributed by atoms with Crippen LogP contribution in [0.3, 0.4) is 0 Å². The second-order valence-electron chi connectivity index (χ2n) is 5.77. The van der Waals surface area contributed by atoms with Crippen molar-refractivity contribution in [3.05, 3.63) is 66.7 Å². The van der Waals surface area contributed by atoms with Gasteiger partial charge in [-0.05, 0) is 25.1 Å². The van der Waals surface area contributed by atoms with Crippen molar-refractivity contribution in [2.75, 3.05) is 0 Å². The molecule has 1 amide bonds. The first-order valence-corrected chi connectivity index (χ1v) is 10.2. The summed E-state index contributed by atoms with van der Waals surface area (Å²) in [6.07, 6.45) is 1.68. The Kier molecular flexibility index (Phi) is 7.24. The molecule has 6 nitrogen and oxygen atoms in total. The first kappa shape index (κ1) is 22.1. The van der Waals surface area contributed by atoms with E-state index in [1.807, 2.05) is 13.0 Å². The standard InChI is InChI=1S/C18H14Cl5N3O3/c1-2-26-9(5-6-25-26)7-24-18(27)11-4-3-10(29-11)8-28-17-15(22)13(20)12(19)14(21)16(17)23/h3-6H,2,7-8H2,1H3,(H,24,27). The summed E-state index contributed by atoms with van der Waals surface area (Å²) in [5.41, 5.74) is 0.886. The maximum atomic E-state index is 12.3. The predicted molar refractivity (Wildman–Crippen MR) is 114 cm³/mol. The predicted octanol–water partition coefficient (Wildman–Crippen LogP) is 6.27. The van der Waals surface area contributed by atoms with Gasteiger partial charge >= 0.3 is 0 Å². The fourth-order valence-corrected chi connectivity index (χ4v) is 3.72. The van der Waals surface area contributed by atoms with Crippen molar-refractivity contribution in [2.45, 2.75) is 26.6 Å². The first-order chi connectivity index (χ1) is 13.8. The first-order valence-electron chi connectivity index (χ1n) is 8.35. The van der Waals surface area contributed by atoms with E-state index in [1.54, 1.807) is 16.9 Å². The number of amides is 1. The monoisotopic (exact) mass is 495 g/mol. The molecule has 0 aliphatic rings. The van der Waals surface area contributed by atoms with Gasteiger partial charge in [-0.2, -0.15) is 5.10 Å². The number of aryl methyl sites for hydroxylation is 1. The highest BCUT2D eigenvalue weighted by molar-refractivity contribution is 6.55. The van der Waals surface area contributed by atoms with Gasteiger partial charge in [0.15, 0.2) is 11.5 Å². The summed E-state index contributed by atoms with van der Waals surface area (Å²) in [5, 5.41) is 7.09. The van der Waals surface area contributed by atoms with Crippen LogP contribution in [0, 0.1) is 0 Å². The van der Waals surface area contributed by atoms with E-state index in [4.69, 9.17) is 67.2 Å². The fraction of sp³-hybridized carbons (Fsp3) is 0.222. The number of rotatable bonds is 7. The van der Waals surface area contributed by atoms with Gasteiger partial charge in [-0.25, -0.2) is 0 Å². The highest BCUT2D eigenvalue weighted by Crippen LogP contribution is 2.48. The van der Waals surface area contributed by atoms with Crippen LogP contribution in [-0.2, 0) is 19.7 Å². The molecule has 0 aliphatic carbocycles. The van der Waals surface area contributed by atoms with Gasteiger partial charge in [-0.3, -0.25) is 9.48 Å². The van der Waals surface area contributed by atoms with E-state index in [1.165, 1.54) is 6.07 Å². The second kappa shape index (κ2) is 9.49. The molecule has 0 bridgehead atoms. The zero-order valence-electron chi connectivity index (χ0n) is 14.9. The Bertz CT molecular complexity index is 1020. The van der Waals surface area contributed by atoms with E-state index in [0.29, 0.717) is 18.8 Å². The third-order valence-corrected chi connectivity index (χ3v) is 6.19. The highest BCUT2D eigenvalue weighted by atomic mass is 35.5. The fourth-order valence-electron chi connectivity index (χ4n) is 2.49. The molecule has 0 spiro atoms. The number of nitrogens with one attached hydrogen (secondary N) is 1. The van der Waals surface area contributed by atoms with Crippen LogP contribution in [0.4, 0.5) is 0 Å². The highest BCUT2D eigenvalue weighted by Gasteiger charge is 2.21. The normalized spacial score (nSPS) is 11.0. The lowest BCUT2D eigenvalue weighted by molar-refractivity contribution is 0.0918. The lowest BCUT2D eigenvalue weighted by Crippen LogP contribution is -2.24. The minimum atomic E-state index is -0.367. The van der Waals surface area contributed by atoms with Crippen LogP contribution in [0.15, 0.2) is 28.8 Å². The summed E-state index contributed by atoms with van der Waals surface area (Å²) < 4.78 is 12.9. The van der Waals surface area contributed by atoms with Crippen molar-refractivity contribution in [2.24, 2.45) is 0 Å². The molecule has 154 valence electrons.